The Morgan fingerprint density at radius 3 is 2.44 bits per heavy atom. The van der Waals surface area contributed by atoms with E-state index in [0.717, 1.165) is 38.8 Å². The van der Waals surface area contributed by atoms with Gasteiger partial charge in [0.05, 0.1) is 6.04 Å². The summed E-state index contributed by atoms with van der Waals surface area (Å²) in [6.07, 6.45) is 4.65. The Kier molecular flexibility index (Phi) is 5.74. The molecule has 1 unspecified atom stereocenters. The largest absolute Gasteiger partial charge is 0.480 e. The third-order valence-corrected chi connectivity index (χ3v) is 5.74. The highest BCUT2D eigenvalue weighted by Crippen LogP contribution is 2.25. The molecule has 2 atom stereocenters. The van der Waals surface area contributed by atoms with Crippen LogP contribution in [0.5, 0.6) is 0 Å². The molecule has 1 N–H and O–H groups in total. The van der Waals surface area contributed by atoms with Crippen LogP contribution in [0, 0.1) is 5.92 Å². The maximum atomic E-state index is 12.8. The molecule has 2 aliphatic heterocycles. The number of carboxylic acids is 1. The zero-order chi connectivity index (χ0) is 17.8. The van der Waals surface area contributed by atoms with Crippen LogP contribution in [0.3, 0.4) is 0 Å². The number of piperidine rings is 1. The zero-order valence-corrected chi connectivity index (χ0v) is 14.9. The van der Waals surface area contributed by atoms with E-state index in [2.05, 4.69) is 29.2 Å². The number of hydrogen-bond acceptors (Lipinski definition) is 3. The molecule has 2 heterocycles. The van der Waals surface area contributed by atoms with Gasteiger partial charge in [-0.05, 0) is 63.6 Å². The Morgan fingerprint density at radius 1 is 1.12 bits per heavy atom. The fraction of sp³-hybridized carbons (Fsp3) is 0.600. The fourth-order valence-electron chi connectivity index (χ4n) is 4.18. The highest BCUT2D eigenvalue weighted by Gasteiger charge is 2.38. The van der Waals surface area contributed by atoms with Crippen LogP contribution < -0.4 is 0 Å². The minimum absolute atomic E-state index is 0.0218. The third kappa shape index (κ3) is 4.21. The topological polar surface area (TPSA) is 60.9 Å². The van der Waals surface area contributed by atoms with Gasteiger partial charge in [0.1, 0.15) is 6.04 Å². The average molecular weight is 344 g/mol. The van der Waals surface area contributed by atoms with Crippen molar-refractivity contribution in [2.24, 2.45) is 5.92 Å². The van der Waals surface area contributed by atoms with Gasteiger partial charge in [-0.25, -0.2) is 4.79 Å². The number of aliphatic carboxylic acids is 1. The summed E-state index contributed by atoms with van der Waals surface area (Å²) in [5.74, 6) is -0.231. The molecule has 2 fully saturated rings. The Bertz CT molecular complexity index is 596. The number of amides is 1. The molecule has 0 saturated carbocycles. The third-order valence-electron chi connectivity index (χ3n) is 5.74. The predicted octanol–water partition coefficient (Wildman–Crippen LogP) is 2.41. The zero-order valence-electron chi connectivity index (χ0n) is 14.9. The summed E-state index contributed by atoms with van der Waals surface area (Å²) in [7, 11) is 0. The van der Waals surface area contributed by atoms with Gasteiger partial charge < -0.3 is 10.0 Å². The second-order valence-electron chi connectivity index (χ2n) is 7.37. The van der Waals surface area contributed by atoms with Crippen molar-refractivity contribution in [2.75, 3.05) is 19.6 Å². The highest BCUT2D eigenvalue weighted by molar-refractivity contribution is 5.87. The Labute approximate surface area is 149 Å². The number of carbonyl (C=O) groups excluding carboxylic acids is 1. The molecule has 2 saturated heterocycles. The highest BCUT2D eigenvalue weighted by atomic mass is 16.4. The van der Waals surface area contributed by atoms with Crippen LogP contribution in [0.2, 0.25) is 0 Å². The van der Waals surface area contributed by atoms with E-state index in [1.807, 2.05) is 13.0 Å². The lowest BCUT2D eigenvalue weighted by Crippen LogP contribution is -2.52. The standard InChI is InChI=1S/C20H28N2O3/c1-15(19(23)22-11-5-8-18(22)20(24)25)21-12-9-17(10-13-21)14-16-6-3-2-4-7-16/h2-4,6-7,15,17-18H,5,8-14H2,1H3,(H,24,25)/t15?,18-/m1/s1. The molecular formula is C20H28N2O3. The van der Waals surface area contributed by atoms with Crippen molar-refractivity contribution >= 4 is 11.9 Å². The summed E-state index contributed by atoms with van der Waals surface area (Å²) < 4.78 is 0. The van der Waals surface area contributed by atoms with Crippen molar-refractivity contribution in [1.29, 1.82) is 0 Å². The number of benzene rings is 1. The lowest BCUT2D eigenvalue weighted by atomic mass is 9.89. The fourth-order valence-corrected chi connectivity index (χ4v) is 4.18. The number of likely N-dealkylation sites (tertiary alicyclic amines) is 2. The van der Waals surface area contributed by atoms with E-state index in [-0.39, 0.29) is 11.9 Å². The molecule has 5 nitrogen and oxygen atoms in total. The number of rotatable bonds is 5. The molecule has 25 heavy (non-hydrogen) atoms. The molecule has 5 heteroatoms. The minimum atomic E-state index is -0.875. The number of carboxylic acid groups (broad SMARTS) is 1. The summed E-state index contributed by atoms with van der Waals surface area (Å²) in [6, 6.07) is 9.71. The summed E-state index contributed by atoms with van der Waals surface area (Å²) in [5, 5.41) is 9.29. The maximum Gasteiger partial charge on any atom is 0.326 e. The first-order valence-electron chi connectivity index (χ1n) is 9.37. The van der Waals surface area contributed by atoms with Crippen molar-refractivity contribution in [2.45, 2.75) is 51.1 Å². The van der Waals surface area contributed by atoms with Gasteiger partial charge in [0.2, 0.25) is 5.91 Å². The van der Waals surface area contributed by atoms with E-state index in [0.29, 0.717) is 18.9 Å². The molecule has 0 aromatic heterocycles. The second-order valence-corrected chi connectivity index (χ2v) is 7.37. The summed E-state index contributed by atoms with van der Waals surface area (Å²) in [4.78, 5) is 27.9. The maximum absolute atomic E-state index is 12.8. The lowest BCUT2D eigenvalue weighted by Gasteiger charge is -2.37. The first-order chi connectivity index (χ1) is 12.1. The SMILES string of the molecule is CC(C(=O)N1CCC[C@@H]1C(=O)O)N1CCC(Cc2ccccc2)CC1. The molecule has 0 bridgehead atoms. The van der Waals surface area contributed by atoms with Crippen LogP contribution in [0.4, 0.5) is 0 Å². The van der Waals surface area contributed by atoms with Gasteiger partial charge in [-0.1, -0.05) is 30.3 Å². The van der Waals surface area contributed by atoms with E-state index in [1.165, 1.54) is 5.56 Å². The Morgan fingerprint density at radius 2 is 1.80 bits per heavy atom. The van der Waals surface area contributed by atoms with Crippen molar-refractivity contribution < 1.29 is 14.7 Å². The Hall–Kier alpha value is -1.88. The smallest absolute Gasteiger partial charge is 0.326 e. The molecule has 2 aliphatic rings. The minimum Gasteiger partial charge on any atom is -0.480 e. The number of carbonyl (C=O) groups is 2. The first kappa shape index (κ1) is 17.9. The second kappa shape index (κ2) is 8.00. The van der Waals surface area contributed by atoms with Crippen LogP contribution in [0.25, 0.3) is 0 Å². The van der Waals surface area contributed by atoms with Crippen LogP contribution in [-0.2, 0) is 16.0 Å². The van der Waals surface area contributed by atoms with Gasteiger partial charge in [0.15, 0.2) is 0 Å². The molecule has 136 valence electrons. The number of hydrogen-bond donors (Lipinski definition) is 1. The van der Waals surface area contributed by atoms with E-state index >= 15 is 0 Å². The van der Waals surface area contributed by atoms with Gasteiger partial charge in [0.25, 0.3) is 0 Å². The van der Waals surface area contributed by atoms with Crippen LogP contribution in [0.1, 0.15) is 38.2 Å². The Balaban J connectivity index is 1.52. The van der Waals surface area contributed by atoms with Gasteiger partial charge in [-0.2, -0.15) is 0 Å². The molecule has 1 amide bonds. The van der Waals surface area contributed by atoms with Gasteiger partial charge in [0, 0.05) is 6.54 Å². The molecule has 0 aliphatic carbocycles. The summed E-state index contributed by atoms with van der Waals surface area (Å²) in [5.41, 5.74) is 1.38. The van der Waals surface area contributed by atoms with Crippen LogP contribution in [0.15, 0.2) is 30.3 Å². The predicted molar refractivity (Wildman–Crippen MR) is 96.3 cm³/mol. The quantitative estimate of drug-likeness (QED) is 0.891. The molecule has 1 aromatic carbocycles. The van der Waals surface area contributed by atoms with Crippen molar-refractivity contribution in [1.82, 2.24) is 9.80 Å². The van der Waals surface area contributed by atoms with E-state index in [4.69, 9.17) is 0 Å². The monoisotopic (exact) mass is 344 g/mol. The van der Waals surface area contributed by atoms with Gasteiger partial charge in [-0.3, -0.25) is 9.69 Å². The average Bonchev–Trinajstić information content (AvgIpc) is 3.12. The van der Waals surface area contributed by atoms with Crippen molar-refractivity contribution in [3.63, 3.8) is 0 Å². The summed E-state index contributed by atoms with van der Waals surface area (Å²) >= 11 is 0. The van der Waals surface area contributed by atoms with E-state index < -0.39 is 12.0 Å². The molecule has 3 rings (SSSR count). The normalized spacial score (nSPS) is 23.6. The van der Waals surface area contributed by atoms with E-state index in [9.17, 15) is 14.7 Å². The molecular weight excluding hydrogens is 316 g/mol. The molecule has 0 radical (unpaired) electrons. The number of nitrogens with zero attached hydrogens (tertiary/aromatic N) is 2. The van der Waals surface area contributed by atoms with Gasteiger partial charge >= 0.3 is 5.97 Å². The molecule has 0 spiro atoms. The van der Waals surface area contributed by atoms with Crippen LogP contribution >= 0.6 is 0 Å². The van der Waals surface area contributed by atoms with Crippen molar-refractivity contribution in [3.8, 4) is 0 Å². The van der Waals surface area contributed by atoms with Gasteiger partial charge in [-0.15, -0.1) is 0 Å². The van der Waals surface area contributed by atoms with Crippen LogP contribution in [-0.4, -0.2) is 58.5 Å². The van der Waals surface area contributed by atoms with E-state index in [1.54, 1.807) is 4.90 Å². The first-order valence-corrected chi connectivity index (χ1v) is 9.37. The molecule has 1 aromatic rings. The lowest BCUT2D eigenvalue weighted by molar-refractivity contribution is -0.150. The summed E-state index contributed by atoms with van der Waals surface area (Å²) in [6.45, 7) is 4.33. The van der Waals surface area contributed by atoms with Crippen molar-refractivity contribution in [3.05, 3.63) is 35.9 Å².